The zero-order valence-electron chi connectivity index (χ0n) is 5.45. The second kappa shape index (κ2) is 4.72. The molecule has 0 aliphatic carbocycles. The fourth-order valence-electron chi connectivity index (χ4n) is 0.581. The summed E-state index contributed by atoms with van der Waals surface area (Å²) < 4.78 is 0. The Kier molecular flexibility index (Phi) is 4.69. The third kappa shape index (κ3) is 2.69. The standard InChI is InChI=1S/C7H6O2.Ca/c8-7(9)6-4-2-1-3-5-6;/h1-5H,(H,8,9);. The van der Waals surface area contributed by atoms with Crippen molar-refractivity contribution in [3.05, 3.63) is 35.9 Å². The van der Waals surface area contributed by atoms with Crippen LogP contribution in [0.1, 0.15) is 10.4 Å². The maximum absolute atomic E-state index is 10.2. The van der Waals surface area contributed by atoms with Crippen LogP contribution in [0.25, 0.3) is 0 Å². The number of aromatic carboxylic acids is 1. The van der Waals surface area contributed by atoms with Crippen LogP contribution in [0.3, 0.4) is 0 Å². The molecule has 2 radical (unpaired) electrons. The Bertz CT molecular complexity index is 208. The molecule has 3 heteroatoms. The van der Waals surface area contributed by atoms with Crippen LogP contribution in [-0.4, -0.2) is 48.8 Å². The fraction of sp³-hybridized carbons (Fsp3) is 0. The van der Waals surface area contributed by atoms with E-state index in [9.17, 15) is 4.79 Å². The molecule has 0 saturated carbocycles. The van der Waals surface area contributed by atoms with Gasteiger partial charge in [-0.3, -0.25) is 0 Å². The molecule has 0 aromatic heterocycles. The van der Waals surface area contributed by atoms with Gasteiger partial charge in [-0.15, -0.1) is 0 Å². The van der Waals surface area contributed by atoms with Crippen molar-refractivity contribution >= 4 is 43.7 Å². The summed E-state index contributed by atoms with van der Waals surface area (Å²) in [7, 11) is 0. The van der Waals surface area contributed by atoms with E-state index in [1.54, 1.807) is 30.3 Å². The first-order valence-corrected chi connectivity index (χ1v) is 2.59. The van der Waals surface area contributed by atoms with Crippen LogP contribution in [0.15, 0.2) is 30.3 Å². The van der Waals surface area contributed by atoms with Gasteiger partial charge in [0.15, 0.2) is 0 Å². The molecule has 48 valence electrons. The summed E-state index contributed by atoms with van der Waals surface area (Å²) in [4.78, 5) is 10.2. The van der Waals surface area contributed by atoms with Crippen LogP contribution >= 0.6 is 0 Å². The van der Waals surface area contributed by atoms with Gasteiger partial charge in [0.05, 0.1) is 5.56 Å². The van der Waals surface area contributed by atoms with E-state index in [1.807, 2.05) is 0 Å². The number of carbonyl (C=O) groups is 1. The van der Waals surface area contributed by atoms with E-state index in [2.05, 4.69) is 0 Å². The molecule has 0 saturated heterocycles. The number of carboxylic acid groups (broad SMARTS) is 1. The van der Waals surface area contributed by atoms with Gasteiger partial charge in [-0.2, -0.15) is 0 Å². The number of hydrogen-bond acceptors (Lipinski definition) is 1. The number of benzene rings is 1. The first-order chi connectivity index (χ1) is 4.30. The Hall–Kier alpha value is -0.0503. The van der Waals surface area contributed by atoms with Crippen molar-refractivity contribution in [3.8, 4) is 0 Å². The smallest absolute Gasteiger partial charge is 0.335 e. The summed E-state index contributed by atoms with van der Waals surface area (Å²) in [6, 6.07) is 8.30. The third-order valence-corrected chi connectivity index (χ3v) is 1.02. The Labute approximate surface area is 88.9 Å². The number of carboxylic acids is 1. The minimum absolute atomic E-state index is 0. The van der Waals surface area contributed by atoms with Crippen LogP contribution in [0.4, 0.5) is 0 Å². The van der Waals surface area contributed by atoms with Crippen LogP contribution in [0.2, 0.25) is 0 Å². The molecule has 1 rings (SSSR count). The van der Waals surface area contributed by atoms with Gasteiger partial charge >= 0.3 is 5.97 Å². The maximum atomic E-state index is 10.2. The van der Waals surface area contributed by atoms with E-state index >= 15 is 0 Å². The molecule has 0 amide bonds. The van der Waals surface area contributed by atoms with E-state index < -0.39 is 5.97 Å². The quantitative estimate of drug-likeness (QED) is 0.625. The van der Waals surface area contributed by atoms with E-state index in [1.165, 1.54) is 0 Å². The second-order valence-electron chi connectivity index (χ2n) is 1.67. The average molecular weight is 162 g/mol. The predicted molar refractivity (Wildman–Crippen MR) is 39.2 cm³/mol. The molecule has 0 unspecified atom stereocenters. The van der Waals surface area contributed by atoms with Crippen molar-refractivity contribution in [2.75, 3.05) is 0 Å². The van der Waals surface area contributed by atoms with Crippen LogP contribution < -0.4 is 0 Å². The van der Waals surface area contributed by atoms with Crippen molar-refractivity contribution < 1.29 is 9.90 Å². The summed E-state index contributed by atoms with van der Waals surface area (Å²) in [6.45, 7) is 0. The first-order valence-electron chi connectivity index (χ1n) is 2.59. The van der Waals surface area contributed by atoms with E-state index in [0.29, 0.717) is 5.56 Å². The molecule has 1 aromatic rings. The van der Waals surface area contributed by atoms with Crippen molar-refractivity contribution in [1.29, 1.82) is 0 Å². The molecule has 0 bridgehead atoms. The third-order valence-electron chi connectivity index (χ3n) is 1.02. The van der Waals surface area contributed by atoms with Gasteiger partial charge in [-0.25, -0.2) is 4.79 Å². The van der Waals surface area contributed by atoms with Gasteiger partial charge in [0.1, 0.15) is 0 Å². The van der Waals surface area contributed by atoms with Crippen molar-refractivity contribution in [2.24, 2.45) is 0 Å². The largest absolute Gasteiger partial charge is 0.478 e. The van der Waals surface area contributed by atoms with Crippen LogP contribution in [-0.2, 0) is 0 Å². The zero-order valence-corrected chi connectivity index (χ0v) is 7.66. The Balaban J connectivity index is 0.000000810. The SMILES string of the molecule is O=C(O)c1ccccc1.[Ca]. The zero-order chi connectivity index (χ0) is 6.69. The molecular formula is C7H6CaO2. The van der Waals surface area contributed by atoms with E-state index in [0.717, 1.165) is 0 Å². The van der Waals surface area contributed by atoms with Crippen molar-refractivity contribution in [1.82, 2.24) is 0 Å². The minimum Gasteiger partial charge on any atom is -0.478 e. The molecule has 1 N–H and O–H groups in total. The second-order valence-corrected chi connectivity index (χ2v) is 1.67. The monoisotopic (exact) mass is 162 g/mol. The summed E-state index contributed by atoms with van der Waals surface area (Å²) in [5.74, 6) is -0.879. The molecule has 10 heavy (non-hydrogen) atoms. The summed E-state index contributed by atoms with van der Waals surface area (Å²) in [5.41, 5.74) is 0.331. The fourth-order valence-corrected chi connectivity index (χ4v) is 0.581. The van der Waals surface area contributed by atoms with Crippen LogP contribution in [0, 0.1) is 0 Å². The Morgan fingerprint density at radius 1 is 1.20 bits per heavy atom. The summed E-state index contributed by atoms with van der Waals surface area (Å²) >= 11 is 0. The van der Waals surface area contributed by atoms with Gasteiger partial charge < -0.3 is 5.11 Å². The van der Waals surface area contributed by atoms with E-state index in [-0.39, 0.29) is 37.7 Å². The topological polar surface area (TPSA) is 37.3 Å². The molecule has 1 aromatic carbocycles. The number of rotatable bonds is 1. The van der Waals surface area contributed by atoms with Gasteiger partial charge in [0.25, 0.3) is 0 Å². The normalized spacial score (nSPS) is 8.00. The molecule has 0 heterocycles. The molecule has 0 fully saturated rings. The number of hydrogen-bond donors (Lipinski definition) is 1. The Morgan fingerprint density at radius 2 is 1.70 bits per heavy atom. The van der Waals surface area contributed by atoms with Crippen LogP contribution in [0.5, 0.6) is 0 Å². The van der Waals surface area contributed by atoms with Crippen molar-refractivity contribution in [2.45, 2.75) is 0 Å². The molecule has 2 nitrogen and oxygen atoms in total. The van der Waals surface area contributed by atoms with E-state index in [4.69, 9.17) is 5.11 Å². The summed E-state index contributed by atoms with van der Waals surface area (Å²) in [6.07, 6.45) is 0. The molecular weight excluding hydrogens is 156 g/mol. The molecule has 0 atom stereocenters. The van der Waals surface area contributed by atoms with Crippen molar-refractivity contribution in [3.63, 3.8) is 0 Å². The molecule has 0 spiro atoms. The molecule has 0 aliphatic heterocycles. The maximum Gasteiger partial charge on any atom is 0.335 e. The average Bonchev–Trinajstić information content (AvgIpc) is 1.90. The van der Waals surface area contributed by atoms with Gasteiger partial charge in [0.2, 0.25) is 0 Å². The minimum atomic E-state index is -0.879. The summed E-state index contributed by atoms with van der Waals surface area (Å²) in [5, 5.41) is 8.38. The van der Waals surface area contributed by atoms with Gasteiger partial charge in [-0.05, 0) is 12.1 Å². The first kappa shape index (κ1) is 9.95. The predicted octanol–water partition coefficient (Wildman–Crippen LogP) is 1.00. The van der Waals surface area contributed by atoms with Gasteiger partial charge in [-0.1, -0.05) is 18.2 Å². The van der Waals surface area contributed by atoms with Gasteiger partial charge in [0, 0.05) is 37.7 Å². The Morgan fingerprint density at radius 3 is 2.00 bits per heavy atom. The molecule has 0 aliphatic rings.